The van der Waals surface area contributed by atoms with E-state index in [1.54, 1.807) is 18.2 Å². The largest absolute Gasteiger partial charge is 0.491 e. The maximum atomic E-state index is 12.2. The van der Waals surface area contributed by atoms with Crippen molar-refractivity contribution in [2.45, 2.75) is 26.9 Å². The van der Waals surface area contributed by atoms with Crippen LogP contribution in [0.15, 0.2) is 42.5 Å². The maximum Gasteiger partial charge on any atom is 0.255 e. The van der Waals surface area contributed by atoms with E-state index in [0.29, 0.717) is 11.3 Å². The number of amides is 1. The van der Waals surface area contributed by atoms with E-state index in [2.05, 4.69) is 5.32 Å². The van der Waals surface area contributed by atoms with Crippen LogP contribution >= 0.6 is 0 Å². The molecular formula is C17H20N2O2. The summed E-state index contributed by atoms with van der Waals surface area (Å²) in [4.78, 5) is 12.2. The summed E-state index contributed by atoms with van der Waals surface area (Å²) in [7, 11) is 0. The second-order valence-corrected chi connectivity index (χ2v) is 5.22. The van der Waals surface area contributed by atoms with Crippen LogP contribution in [-0.2, 0) is 0 Å². The molecule has 0 aliphatic carbocycles. The van der Waals surface area contributed by atoms with E-state index in [9.17, 15) is 4.79 Å². The van der Waals surface area contributed by atoms with Crippen molar-refractivity contribution >= 4 is 17.3 Å². The molecule has 0 unspecified atom stereocenters. The molecule has 2 aromatic rings. The van der Waals surface area contributed by atoms with Crippen LogP contribution < -0.4 is 15.8 Å². The predicted octanol–water partition coefficient (Wildman–Crippen LogP) is 3.62. The summed E-state index contributed by atoms with van der Waals surface area (Å²) in [6.45, 7) is 5.82. The SMILES string of the molecule is Cc1cc(C(=O)Nc2ccc(OC(C)C)cc2)ccc1N. The molecule has 0 aromatic heterocycles. The smallest absolute Gasteiger partial charge is 0.255 e. The van der Waals surface area contributed by atoms with Crippen molar-refractivity contribution in [1.82, 2.24) is 0 Å². The van der Waals surface area contributed by atoms with Gasteiger partial charge in [0.15, 0.2) is 0 Å². The van der Waals surface area contributed by atoms with Gasteiger partial charge in [-0.15, -0.1) is 0 Å². The number of nitrogens with two attached hydrogens (primary N) is 1. The molecule has 0 saturated carbocycles. The van der Waals surface area contributed by atoms with Crippen LogP contribution in [0.1, 0.15) is 29.8 Å². The van der Waals surface area contributed by atoms with E-state index in [4.69, 9.17) is 10.5 Å². The molecule has 0 spiro atoms. The molecule has 0 aliphatic heterocycles. The van der Waals surface area contributed by atoms with E-state index < -0.39 is 0 Å². The minimum absolute atomic E-state index is 0.128. The average Bonchev–Trinajstić information content (AvgIpc) is 2.43. The van der Waals surface area contributed by atoms with Crippen molar-refractivity contribution in [3.8, 4) is 5.75 Å². The van der Waals surface area contributed by atoms with Crippen molar-refractivity contribution in [2.75, 3.05) is 11.1 Å². The van der Waals surface area contributed by atoms with Gasteiger partial charge in [-0.1, -0.05) is 0 Å². The van der Waals surface area contributed by atoms with Gasteiger partial charge in [0.05, 0.1) is 6.10 Å². The van der Waals surface area contributed by atoms with Crippen LogP contribution in [-0.4, -0.2) is 12.0 Å². The van der Waals surface area contributed by atoms with E-state index in [1.165, 1.54) is 0 Å². The monoisotopic (exact) mass is 284 g/mol. The summed E-state index contributed by atoms with van der Waals surface area (Å²) in [6.07, 6.45) is 0.128. The van der Waals surface area contributed by atoms with Crippen molar-refractivity contribution < 1.29 is 9.53 Å². The third-order valence-corrected chi connectivity index (χ3v) is 3.02. The lowest BCUT2D eigenvalue weighted by molar-refractivity contribution is 0.102. The second-order valence-electron chi connectivity index (χ2n) is 5.22. The highest BCUT2D eigenvalue weighted by molar-refractivity contribution is 6.04. The first-order valence-electron chi connectivity index (χ1n) is 6.90. The molecule has 1 amide bonds. The summed E-state index contributed by atoms with van der Waals surface area (Å²) in [6, 6.07) is 12.5. The highest BCUT2D eigenvalue weighted by Crippen LogP contribution is 2.18. The minimum atomic E-state index is -0.157. The fourth-order valence-corrected chi connectivity index (χ4v) is 1.91. The van der Waals surface area contributed by atoms with Crippen LogP contribution in [0.25, 0.3) is 0 Å². The zero-order chi connectivity index (χ0) is 15.4. The highest BCUT2D eigenvalue weighted by atomic mass is 16.5. The van der Waals surface area contributed by atoms with Crippen LogP contribution in [0.3, 0.4) is 0 Å². The van der Waals surface area contributed by atoms with E-state index in [1.807, 2.05) is 45.0 Å². The molecule has 21 heavy (non-hydrogen) atoms. The first-order valence-corrected chi connectivity index (χ1v) is 6.90. The van der Waals surface area contributed by atoms with Gasteiger partial charge in [0, 0.05) is 16.9 Å². The summed E-state index contributed by atoms with van der Waals surface area (Å²) in [5.41, 5.74) is 8.64. The maximum absolute atomic E-state index is 12.2. The molecule has 0 heterocycles. The lowest BCUT2D eigenvalue weighted by Gasteiger charge is -2.11. The van der Waals surface area contributed by atoms with Gasteiger partial charge in [-0.2, -0.15) is 0 Å². The average molecular weight is 284 g/mol. The number of ether oxygens (including phenoxy) is 1. The Bertz CT molecular complexity index is 634. The Kier molecular flexibility index (Phi) is 4.48. The van der Waals surface area contributed by atoms with Crippen LogP contribution in [0.5, 0.6) is 5.75 Å². The van der Waals surface area contributed by atoms with Gasteiger partial charge in [0.25, 0.3) is 5.91 Å². The molecule has 110 valence electrons. The van der Waals surface area contributed by atoms with E-state index >= 15 is 0 Å². The summed E-state index contributed by atoms with van der Waals surface area (Å²) in [5.74, 6) is 0.627. The molecule has 0 radical (unpaired) electrons. The number of hydrogen-bond acceptors (Lipinski definition) is 3. The normalized spacial score (nSPS) is 10.5. The Labute approximate surface area is 124 Å². The Morgan fingerprint density at radius 2 is 1.81 bits per heavy atom. The summed E-state index contributed by atoms with van der Waals surface area (Å²) in [5, 5.41) is 2.85. The van der Waals surface area contributed by atoms with Gasteiger partial charge in [-0.25, -0.2) is 0 Å². The number of hydrogen-bond donors (Lipinski definition) is 2. The number of aryl methyl sites for hydroxylation is 1. The van der Waals surface area contributed by atoms with Gasteiger partial charge in [0.2, 0.25) is 0 Å². The number of anilines is 2. The fourth-order valence-electron chi connectivity index (χ4n) is 1.91. The molecule has 3 N–H and O–H groups in total. The first kappa shape index (κ1) is 14.9. The topological polar surface area (TPSA) is 64.3 Å². The predicted molar refractivity (Wildman–Crippen MR) is 85.8 cm³/mol. The van der Waals surface area contributed by atoms with Crippen molar-refractivity contribution in [1.29, 1.82) is 0 Å². The quantitative estimate of drug-likeness (QED) is 0.843. The zero-order valence-corrected chi connectivity index (χ0v) is 12.5. The molecule has 0 bridgehead atoms. The van der Waals surface area contributed by atoms with Gasteiger partial charge < -0.3 is 15.8 Å². The van der Waals surface area contributed by atoms with Gasteiger partial charge in [-0.05, 0) is 68.8 Å². The van der Waals surface area contributed by atoms with Crippen molar-refractivity contribution in [3.63, 3.8) is 0 Å². The van der Waals surface area contributed by atoms with E-state index in [-0.39, 0.29) is 12.0 Å². The Morgan fingerprint density at radius 1 is 1.14 bits per heavy atom. The van der Waals surface area contributed by atoms with Gasteiger partial charge in [0.1, 0.15) is 5.75 Å². The lowest BCUT2D eigenvalue weighted by atomic mass is 10.1. The standard InChI is InChI=1S/C17H20N2O2/c1-11(2)21-15-7-5-14(6-8-15)19-17(20)13-4-9-16(18)12(3)10-13/h4-11H,18H2,1-3H3,(H,19,20). The van der Waals surface area contributed by atoms with Crippen molar-refractivity contribution in [2.24, 2.45) is 0 Å². The molecule has 0 fully saturated rings. The molecule has 4 heteroatoms. The molecule has 0 aliphatic rings. The fraction of sp³-hybridized carbons (Fsp3) is 0.235. The zero-order valence-electron chi connectivity index (χ0n) is 12.5. The summed E-state index contributed by atoms with van der Waals surface area (Å²) >= 11 is 0. The highest BCUT2D eigenvalue weighted by Gasteiger charge is 2.07. The number of benzene rings is 2. The molecule has 2 aromatic carbocycles. The number of rotatable bonds is 4. The molecule has 4 nitrogen and oxygen atoms in total. The van der Waals surface area contributed by atoms with Crippen molar-refractivity contribution in [3.05, 3.63) is 53.6 Å². The first-order chi connectivity index (χ1) is 9.95. The van der Waals surface area contributed by atoms with Gasteiger partial charge in [-0.3, -0.25) is 4.79 Å². The molecule has 2 rings (SSSR count). The molecule has 0 saturated heterocycles. The van der Waals surface area contributed by atoms with Gasteiger partial charge >= 0.3 is 0 Å². The number of nitrogen functional groups attached to an aromatic ring is 1. The second kappa shape index (κ2) is 6.31. The number of nitrogens with one attached hydrogen (secondary N) is 1. The third-order valence-electron chi connectivity index (χ3n) is 3.02. The molecule has 0 atom stereocenters. The molecular weight excluding hydrogens is 264 g/mol. The lowest BCUT2D eigenvalue weighted by Crippen LogP contribution is -2.12. The Hall–Kier alpha value is -2.49. The van der Waals surface area contributed by atoms with E-state index in [0.717, 1.165) is 17.0 Å². The summed E-state index contributed by atoms with van der Waals surface area (Å²) < 4.78 is 5.56. The van der Waals surface area contributed by atoms with Crippen LogP contribution in [0, 0.1) is 6.92 Å². The Morgan fingerprint density at radius 3 is 2.38 bits per heavy atom. The number of carbonyl (C=O) groups excluding carboxylic acids is 1. The minimum Gasteiger partial charge on any atom is -0.491 e. The van der Waals surface area contributed by atoms with Crippen LogP contribution in [0.2, 0.25) is 0 Å². The van der Waals surface area contributed by atoms with Crippen LogP contribution in [0.4, 0.5) is 11.4 Å². The number of carbonyl (C=O) groups is 1. The Balaban J connectivity index is 2.06. The third kappa shape index (κ3) is 3.99.